The normalized spacial score (nSPS) is 13.8. The number of carboxylic acid groups (broad SMARTS) is 1. The molecule has 0 heterocycles. The predicted molar refractivity (Wildman–Crippen MR) is 37.7 cm³/mol. The van der Waals surface area contributed by atoms with Crippen LogP contribution < -0.4 is 20.6 Å². The van der Waals surface area contributed by atoms with Crippen LogP contribution in [0.3, 0.4) is 0 Å². The van der Waals surface area contributed by atoms with Crippen molar-refractivity contribution in [2.75, 3.05) is 19.8 Å². The minimum atomic E-state index is -4.74. The summed E-state index contributed by atoms with van der Waals surface area (Å²) < 4.78 is 11.1. The van der Waals surface area contributed by atoms with Crippen LogP contribution in [0.2, 0.25) is 0 Å². The van der Waals surface area contributed by atoms with Crippen molar-refractivity contribution in [2.24, 2.45) is 5.73 Å². The molecule has 0 saturated carbocycles. The van der Waals surface area contributed by atoms with E-state index in [0.29, 0.717) is 0 Å². The quantitative estimate of drug-likeness (QED) is 0.215. The van der Waals surface area contributed by atoms with Gasteiger partial charge in [0.25, 0.3) is 0 Å². The highest BCUT2D eigenvalue weighted by molar-refractivity contribution is 7.49. The second-order valence-corrected chi connectivity index (χ2v) is 4.03. The van der Waals surface area contributed by atoms with Gasteiger partial charge in [-0.15, -0.1) is 0 Å². The van der Waals surface area contributed by atoms with Gasteiger partial charge >= 0.3 is 0 Å². The predicted octanol–water partition coefficient (Wildman–Crippen LogP) is -4.35. The van der Waals surface area contributed by atoms with Gasteiger partial charge in [-0.2, -0.15) is 0 Å². The molecule has 13 heavy (non-hydrogen) atoms. The van der Waals surface area contributed by atoms with E-state index in [0.717, 1.165) is 4.58 Å². The van der Waals surface area contributed by atoms with E-state index in [2.05, 4.69) is 0 Å². The summed E-state index contributed by atoms with van der Waals surface area (Å²) in [6.07, 6.45) is -0.878. The van der Waals surface area contributed by atoms with Crippen LogP contribution in [0.1, 0.15) is 0 Å². The van der Waals surface area contributed by atoms with Gasteiger partial charge in [0, 0.05) is 0 Å². The SMILES string of the molecule is C[N+](CC(=O)[O-])=C(N)CP(=O)([O-])[O-]. The fourth-order valence-corrected chi connectivity index (χ4v) is 1.25. The summed E-state index contributed by atoms with van der Waals surface area (Å²) in [6.45, 7) is -0.550. The lowest BCUT2D eigenvalue weighted by Crippen LogP contribution is -2.39. The van der Waals surface area contributed by atoms with E-state index in [1.54, 1.807) is 0 Å². The number of hydrogen-bond donors (Lipinski definition) is 1. The van der Waals surface area contributed by atoms with E-state index in [-0.39, 0.29) is 5.84 Å². The Labute approximate surface area is 74.7 Å². The number of hydrogen-bond acceptors (Lipinski definition) is 5. The first-order chi connectivity index (χ1) is 5.72. The molecule has 0 aliphatic heterocycles. The molecule has 2 N–H and O–H groups in total. The number of rotatable bonds is 4. The maximum Gasteiger partial charge on any atom is 0.247 e. The molecular formula is C5H9N2O5P-2. The standard InChI is InChI=1S/C5H11N2O5P/c1-7(2-5(8)9)4(6)3-13(10,11)12/h6H,2-3H2,1H3,(H3,8,9,10,11,12)/p-2. The molecule has 0 rings (SSSR count). The Kier molecular flexibility index (Phi) is 4.06. The number of aliphatic carboxylic acids is 1. The highest BCUT2D eigenvalue weighted by atomic mass is 31.2. The molecule has 0 aliphatic rings. The van der Waals surface area contributed by atoms with Crippen LogP contribution in [-0.2, 0) is 9.36 Å². The first kappa shape index (κ1) is 12.1. The molecular weight excluding hydrogens is 199 g/mol. The van der Waals surface area contributed by atoms with Gasteiger partial charge in [-0.3, -0.25) is 10.3 Å². The van der Waals surface area contributed by atoms with Gasteiger partial charge < -0.3 is 24.3 Å². The van der Waals surface area contributed by atoms with E-state index in [4.69, 9.17) is 5.73 Å². The zero-order valence-electron chi connectivity index (χ0n) is 6.93. The minimum Gasteiger partial charge on any atom is -0.810 e. The molecule has 0 fully saturated rings. The van der Waals surface area contributed by atoms with Gasteiger partial charge in [0.2, 0.25) is 5.84 Å². The maximum absolute atomic E-state index is 10.2. The molecule has 0 aromatic heterocycles. The molecule has 0 spiro atoms. The monoisotopic (exact) mass is 208 g/mol. The highest BCUT2D eigenvalue weighted by Gasteiger charge is 2.06. The topological polar surface area (TPSA) is 132 Å². The second kappa shape index (κ2) is 4.36. The molecule has 0 unspecified atom stereocenters. The maximum atomic E-state index is 10.2. The zero-order valence-corrected chi connectivity index (χ0v) is 7.82. The van der Waals surface area contributed by atoms with Crippen LogP contribution in [0.15, 0.2) is 0 Å². The van der Waals surface area contributed by atoms with Gasteiger partial charge in [-0.25, -0.2) is 0 Å². The number of carbonyl (C=O) groups is 1. The van der Waals surface area contributed by atoms with Gasteiger partial charge in [0.15, 0.2) is 0 Å². The van der Waals surface area contributed by atoms with E-state index in [9.17, 15) is 24.3 Å². The molecule has 0 amide bonds. The lowest BCUT2D eigenvalue weighted by molar-refractivity contribution is -0.501. The molecule has 0 aromatic carbocycles. The third kappa shape index (κ3) is 6.27. The Balaban J connectivity index is 4.45. The molecule has 0 radical (unpaired) electrons. The van der Waals surface area contributed by atoms with Crippen molar-refractivity contribution >= 4 is 19.4 Å². The first-order valence-corrected chi connectivity index (χ1v) is 4.98. The lowest BCUT2D eigenvalue weighted by atomic mass is 10.6. The van der Waals surface area contributed by atoms with E-state index >= 15 is 0 Å². The Morgan fingerprint density at radius 3 is 2.31 bits per heavy atom. The number of amidine groups is 1. The van der Waals surface area contributed by atoms with Gasteiger partial charge in [0.05, 0.1) is 19.2 Å². The molecule has 0 bridgehead atoms. The van der Waals surface area contributed by atoms with E-state index in [1.165, 1.54) is 7.05 Å². The number of nitrogens with zero attached hydrogens (tertiary/aromatic N) is 1. The van der Waals surface area contributed by atoms with Crippen LogP contribution >= 0.6 is 7.60 Å². The molecule has 0 aromatic rings. The third-order valence-corrected chi connectivity index (χ3v) is 1.92. The summed E-state index contributed by atoms with van der Waals surface area (Å²) >= 11 is 0. The van der Waals surface area contributed by atoms with Gasteiger partial charge in [0.1, 0.15) is 6.54 Å². The number of carbonyl (C=O) groups excluding carboxylic acids is 1. The summed E-state index contributed by atoms with van der Waals surface area (Å²) in [5, 5.41) is 10.0. The van der Waals surface area contributed by atoms with E-state index < -0.39 is 26.3 Å². The highest BCUT2D eigenvalue weighted by Crippen LogP contribution is 2.20. The Hall–Kier alpha value is -0.910. The summed E-state index contributed by atoms with van der Waals surface area (Å²) in [5.41, 5.74) is 5.13. The van der Waals surface area contributed by atoms with Crippen LogP contribution in [0.25, 0.3) is 0 Å². The van der Waals surface area contributed by atoms with Crippen LogP contribution in [0.5, 0.6) is 0 Å². The zero-order chi connectivity index (χ0) is 10.6. The summed E-state index contributed by atoms with van der Waals surface area (Å²) in [5.74, 6) is -1.71. The molecule has 0 atom stereocenters. The summed E-state index contributed by atoms with van der Waals surface area (Å²) in [6, 6.07) is 0. The average Bonchev–Trinajstić information content (AvgIpc) is 1.81. The van der Waals surface area contributed by atoms with Gasteiger partial charge in [-0.05, 0) is 0 Å². The number of carboxylic acids is 1. The van der Waals surface area contributed by atoms with Crippen LogP contribution in [0.4, 0.5) is 0 Å². The minimum absolute atomic E-state index is 0.308. The Morgan fingerprint density at radius 1 is 1.54 bits per heavy atom. The smallest absolute Gasteiger partial charge is 0.247 e. The van der Waals surface area contributed by atoms with Crippen molar-refractivity contribution in [1.82, 2.24) is 0 Å². The van der Waals surface area contributed by atoms with Crippen LogP contribution in [-0.4, -0.2) is 36.1 Å². The fourth-order valence-electron chi connectivity index (χ4n) is 0.614. The summed E-state index contributed by atoms with van der Waals surface area (Å²) in [4.78, 5) is 30.5. The van der Waals surface area contributed by atoms with Gasteiger partial charge in [-0.1, -0.05) is 7.60 Å². The fraction of sp³-hybridized carbons (Fsp3) is 0.600. The second-order valence-electron chi connectivity index (χ2n) is 2.49. The van der Waals surface area contributed by atoms with Crippen molar-refractivity contribution in [3.8, 4) is 0 Å². The largest absolute Gasteiger partial charge is 0.810 e. The Morgan fingerprint density at radius 2 is 2.00 bits per heavy atom. The van der Waals surface area contributed by atoms with Crippen molar-refractivity contribution < 1.29 is 28.8 Å². The molecule has 7 nitrogen and oxygen atoms in total. The van der Waals surface area contributed by atoms with Crippen molar-refractivity contribution in [1.29, 1.82) is 0 Å². The van der Waals surface area contributed by atoms with Crippen LogP contribution in [0, 0.1) is 0 Å². The average molecular weight is 208 g/mol. The third-order valence-electron chi connectivity index (χ3n) is 1.21. The lowest BCUT2D eigenvalue weighted by Gasteiger charge is -2.27. The van der Waals surface area contributed by atoms with Crippen molar-refractivity contribution in [2.45, 2.75) is 0 Å². The van der Waals surface area contributed by atoms with Crippen molar-refractivity contribution in [3.63, 3.8) is 0 Å². The number of nitrogens with two attached hydrogens (primary N) is 1. The first-order valence-electron chi connectivity index (χ1n) is 3.26. The molecule has 76 valence electrons. The number of likely N-dealkylation sites (N-methyl/N-ethyl adjacent to an activating group) is 1. The Bertz CT molecular complexity index is 281. The molecule has 0 saturated heterocycles. The van der Waals surface area contributed by atoms with E-state index in [1.807, 2.05) is 0 Å². The molecule has 0 aliphatic carbocycles. The molecule has 8 heteroatoms. The summed E-state index contributed by atoms with van der Waals surface area (Å²) in [7, 11) is -3.49. The van der Waals surface area contributed by atoms with Crippen molar-refractivity contribution in [3.05, 3.63) is 0 Å².